The van der Waals surface area contributed by atoms with Crippen LogP contribution in [0.4, 0.5) is 15.9 Å². The smallest absolute Gasteiger partial charge is 0.324 e. The Morgan fingerprint density at radius 1 is 1.20 bits per heavy atom. The van der Waals surface area contributed by atoms with Gasteiger partial charge >= 0.3 is 6.01 Å². The number of ether oxygens (including phenoxy) is 1. The van der Waals surface area contributed by atoms with Crippen molar-refractivity contribution in [2.75, 3.05) is 30.4 Å². The Morgan fingerprint density at radius 3 is 2.89 bits per heavy atom. The van der Waals surface area contributed by atoms with Gasteiger partial charge in [0.1, 0.15) is 23.0 Å². The van der Waals surface area contributed by atoms with E-state index in [1.165, 1.54) is 6.07 Å². The van der Waals surface area contributed by atoms with E-state index in [0.717, 1.165) is 64.4 Å². The first-order valence-corrected chi connectivity index (χ1v) is 12.0. The van der Waals surface area contributed by atoms with E-state index in [0.29, 0.717) is 24.0 Å². The first-order chi connectivity index (χ1) is 17.0. The first kappa shape index (κ1) is 20.6. The minimum atomic E-state index is -0.280. The summed E-state index contributed by atoms with van der Waals surface area (Å²) in [6.45, 7) is 1.73. The maximum Gasteiger partial charge on any atom is 0.324 e. The lowest BCUT2D eigenvalue weighted by molar-refractivity contribution is 0.194. The summed E-state index contributed by atoms with van der Waals surface area (Å²) in [5.74, 6) is 2.14. The number of nitrogens with one attached hydrogen (secondary N) is 1. The second-order valence-electron chi connectivity index (χ2n) is 9.90. The number of aromatic nitrogens is 4. The van der Waals surface area contributed by atoms with E-state index in [-0.39, 0.29) is 17.9 Å². The Kier molecular flexibility index (Phi) is 4.36. The number of aryl methyl sites for hydroxylation is 1. The molecule has 2 unspecified atom stereocenters. The van der Waals surface area contributed by atoms with Gasteiger partial charge in [-0.25, -0.2) is 9.37 Å². The van der Waals surface area contributed by atoms with Crippen molar-refractivity contribution in [1.82, 2.24) is 19.5 Å². The second kappa shape index (κ2) is 7.39. The van der Waals surface area contributed by atoms with Crippen molar-refractivity contribution in [2.24, 2.45) is 24.6 Å². The van der Waals surface area contributed by atoms with Gasteiger partial charge in [0.2, 0.25) is 0 Å². The molecule has 35 heavy (non-hydrogen) atoms. The van der Waals surface area contributed by atoms with Gasteiger partial charge in [0, 0.05) is 62.5 Å². The summed E-state index contributed by atoms with van der Waals surface area (Å²) in [5.41, 5.74) is 11.6. The van der Waals surface area contributed by atoms with Gasteiger partial charge in [0.05, 0.1) is 11.9 Å². The van der Waals surface area contributed by atoms with Gasteiger partial charge in [-0.3, -0.25) is 0 Å². The molecule has 0 amide bonds. The van der Waals surface area contributed by atoms with E-state index in [1.54, 1.807) is 12.3 Å². The maximum absolute atomic E-state index is 14.5. The van der Waals surface area contributed by atoms with Gasteiger partial charge in [0.25, 0.3) is 0 Å². The van der Waals surface area contributed by atoms with Crippen molar-refractivity contribution >= 4 is 22.5 Å². The molecule has 3 N–H and O–H groups in total. The average molecular weight is 472 g/mol. The number of hydrogen-bond acceptors (Lipinski definition) is 7. The van der Waals surface area contributed by atoms with Crippen molar-refractivity contribution in [2.45, 2.75) is 18.9 Å². The summed E-state index contributed by atoms with van der Waals surface area (Å²) in [6, 6.07) is 7.58. The van der Waals surface area contributed by atoms with Crippen LogP contribution in [0.5, 0.6) is 11.8 Å². The number of nitrogens with zero attached hydrogens (tertiary/aromatic N) is 5. The normalized spacial score (nSPS) is 22.1. The molecule has 1 saturated heterocycles. The molecule has 4 aromatic rings. The molecular weight excluding hydrogens is 445 g/mol. The number of benzene rings is 1. The second-order valence-corrected chi connectivity index (χ2v) is 9.90. The van der Waals surface area contributed by atoms with E-state index >= 15 is 0 Å². The van der Waals surface area contributed by atoms with E-state index in [2.05, 4.69) is 15.2 Å². The predicted molar refractivity (Wildman–Crippen MR) is 132 cm³/mol. The zero-order valence-corrected chi connectivity index (χ0v) is 19.6. The fourth-order valence-electron chi connectivity index (χ4n) is 6.02. The molecule has 3 aromatic heterocycles. The SMILES string of the molecule is CNc1cc(F)cc2c1Cc1nc(Oc3cnc4c(ccn4C)c3)nc(N3CC4C[C@@H](N)C4C3)c1-2. The van der Waals surface area contributed by atoms with Crippen molar-refractivity contribution < 1.29 is 9.13 Å². The zero-order chi connectivity index (χ0) is 23.8. The van der Waals surface area contributed by atoms with Crippen LogP contribution in [0.25, 0.3) is 22.2 Å². The monoisotopic (exact) mass is 471 g/mol. The highest BCUT2D eigenvalue weighted by atomic mass is 19.1. The number of anilines is 2. The average Bonchev–Trinajstić information content (AvgIpc) is 3.51. The van der Waals surface area contributed by atoms with Crippen LogP contribution in [-0.4, -0.2) is 45.7 Å². The first-order valence-electron chi connectivity index (χ1n) is 12.0. The van der Waals surface area contributed by atoms with Crippen LogP contribution < -0.4 is 20.7 Å². The molecule has 0 spiro atoms. The molecule has 3 atom stereocenters. The van der Waals surface area contributed by atoms with E-state index in [9.17, 15) is 4.39 Å². The third-order valence-electron chi connectivity index (χ3n) is 7.85. The van der Waals surface area contributed by atoms with Crippen LogP contribution in [-0.2, 0) is 13.5 Å². The third kappa shape index (κ3) is 3.11. The highest BCUT2D eigenvalue weighted by Crippen LogP contribution is 2.48. The number of halogens is 1. The molecule has 0 bridgehead atoms. The summed E-state index contributed by atoms with van der Waals surface area (Å²) < 4.78 is 22.7. The summed E-state index contributed by atoms with van der Waals surface area (Å²) in [5, 5.41) is 4.12. The molecule has 4 heterocycles. The number of nitrogens with two attached hydrogens (primary N) is 1. The molecule has 2 fully saturated rings. The molecule has 1 aliphatic heterocycles. The Bertz CT molecular complexity index is 1500. The standard InChI is InChI=1S/C26H26FN7O/c1-29-21-8-15(27)7-18-17(21)9-22-23(18)25(34-11-14-6-20(28)19(14)12-34)32-26(31-22)35-16-5-13-3-4-33(2)24(13)30-10-16/h3-5,7-8,10,14,19-20,29H,6,9,11-12,28H2,1-2H3/t14?,19?,20-/m1/s1. The third-order valence-corrected chi connectivity index (χ3v) is 7.85. The van der Waals surface area contributed by atoms with E-state index < -0.39 is 0 Å². The van der Waals surface area contributed by atoms with Crippen LogP contribution in [0.1, 0.15) is 17.7 Å². The number of rotatable bonds is 4. The van der Waals surface area contributed by atoms with Crippen molar-refractivity contribution in [3.05, 3.63) is 53.7 Å². The molecule has 178 valence electrons. The molecule has 1 saturated carbocycles. The largest absolute Gasteiger partial charge is 0.423 e. The highest BCUT2D eigenvalue weighted by molar-refractivity contribution is 5.88. The van der Waals surface area contributed by atoms with Crippen LogP contribution in [0.2, 0.25) is 0 Å². The lowest BCUT2D eigenvalue weighted by Crippen LogP contribution is -2.46. The fraction of sp³-hybridized carbons (Fsp3) is 0.346. The van der Waals surface area contributed by atoms with Gasteiger partial charge in [0.15, 0.2) is 0 Å². The molecule has 7 rings (SSSR count). The molecule has 9 heteroatoms. The fourth-order valence-corrected chi connectivity index (χ4v) is 6.02. The van der Waals surface area contributed by atoms with Crippen molar-refractivity contribution in [3.8, 4) is 22.9 Å². The number of hydrogen-bond donors (Lipinski definition) is 2. The van der Waals surface area contributed by atoms with Gasteiger partial charge < -0.3 is 25.3 Å². The van der Waals surface area contributed by atoms with Gasteiger partial charge in [-0.05, 0) is 53.6 Å². The van der Waals surface area contributed by atoms with Crippen LogP contribution in [0.15, 0.2) is 36.7 Å². The lowest BCUT2D eigenvalue weighted by Gasteiger charge is -2.36. The van der Waals surface area contributed by atoms with Crippen LogP contribution >= 0.6 is 0 Å². The minimum absolute atomic E-state index is 0.236. The lowest BCUT2D eigenvalue weighted by atomic mass is 9.72. The van der Waals surface area contributed by atoms with Crippen LogP contribution in [0.3, 0.4) is 0 Å². The molecule has 3 aliphatic rings. The van der Waals surface area contributed by atoms with Gasteiger partial charge in [-0.1, -0.05) is 0 Å². The molecular formula is C26H26FN7O. The number of fused-ring (bicyclic) bond motifs is 5. The summed E-state index contributed by atoms with van der Waals surface area (Å²) in [4.78, 5) is 16.5. The number of pyridine rings is 1. The molecule has 8 nitrogen and oxygen atoms in total. The topological polar surface area (TPSA) is 94.1 Å². The summed E-state index contributed by atoms with van der Waals surface area (Å²) >= 11 is 0. The predicted octanol–water partition coefficient (Wildman–Crippen LogP) is 3.69. The highest BCUT2D eigenvalue weighted by Gasteiger charge is 2.46. The van der Waals surface area contributed by atoms with Crippen molar-refractivity contribution in [3.63, 3.8) is 0 Å². The molecule has 1 aromatic carbocycles. The Balaban J connectivity index is 1.33. The minimum Gasteiger partial charge on any atom is -0.423 e. The molecule has 2 aliphatic carbocycles. The van der Waals surface area contributed by atoms with E-state index in [1.807, 2.05) is 37.0 Å². The van der Waals surface area contributed by atoms with Gasteiger partial charge in [-0.2, -0.15) is 9.97 Å². The quantitative estimate of drug-likeness (QED) is 0.413. The molecule has 0 radical (unpaired) electrons. The summed E-state index contributed by atoms with van der Waals surface area (Å²) in [7, 11) is 3.77. The van der Waals surface area contributed by atoms with Gasteiger partial charge in [-0.15, -0.1) is 0 Å². The Morgan fingerprint density at radius 2 is 2.09 bits per heavy atom. The summed E-state index contributed by atoms with van der Waals surface area (Å²) in [6.07, 6.45) is 5.28. The van der Waals surface area contributed by atoms with Crippen LogP contribution in [0, 0.1) is 17.7 Å². The Hall–Kier alpha value is -3.72. The van der Waals surface area contributed by atoms with E-state index in [4.69, 9.17) is 20.4 Å². The maximum atomic E-state index is 14.5. The zero-order valence-electron chi connectivity index (χ0n) is 19.6. The Labute approximate surface area is 202 Å². The van der Waals surface area contributed by atoms with Crippen molar-refractivity contribution in [1.29, 1.82) is 0 Å².